The summed E-state index contributed by atoms with van der Waals surface area (Å²) in [4.78, 5) is 2.59. The number of likely N-dealkylation sites (tertiary alicyclic amines) is 1. The first kappa shape index (κ1) is 14.3. The molecule has 106 valence electrons. The average Bonchev–Trinajstić information content (AvgIpc) is 2.23. The van der Waals surface area contributed by atoms with Gasteiger partial charge in [0, 0.05) is 25.7 Å². The first-order valence-corrected chi connectivity index (χ1v) is 7.51. The van der Waals surface area contributed by atoms with Gasteiger partial charge in [-0.25, -0.2) is 0 Å². The molecule has 0 bridgehead atoms. The maximum Gasteiger partial charge on any atom is 0.0608 e. The second kappa shape index (κ2) is 5.89. The fourth-order valence-corrected chi connectivity index (χ4v) is 3.06. The highest BCUT2D eigenvalue weighted by Crippen LogP contribution is 2.27. The molecular weight excluding hydrogens is 224 g/mol. The van der Waals surface area contributed by atoms with Crippen LogP contribution in [0.3, 0.4) is 0 Å². The van der Waals surface area contributed by atoms with E-state index in [-0.39, 0.29) is 0 Å². The van der Waals surface area contributed by atoms with E-state index < -0.39 is 0 Å². The van der Waals surface area contributed by atoms with Crippen molar-refractivity contribution in [2.75, 3.05) is 26.7 Å². The zero-order chi connectivity index (χ0) is 13.2. The normalized spacial score (nSPS) is 31.3. The highest BCUT2D eigenvalue weighted by molar-refractivity contribution is 4.86. The van der Waals surface area contributed by atoms with Gasteiger partial charge in [0.25, 0.3) is 0 Å². The molecule has 2 aliphatic rings. The summed E-state index contributed by atoms with van der Waals surface area (Å²) >= 11 is 0. The molecule has 1 aliphatic carbocycles. The first-order chi connectivity index (χ1) is 8.46. The quantitative estimate of drug-likeness (QED) is 0.833. The van der Waals surface area contributed by atoms with Crippen LogP contribution in [-0.4, -0.2) is 49.8 Å². The number of ether oxygens (including phenoxy) is 1. The average molecular weight is 254 g/mol. The third kappa shape index (κ3) is 4.22. The van der Waals surface area contributed by atoms with E-state index in [0.29, 0.717) is 23.7 Å². The van der Waals surface area contributed by atoms with E-state index in [1.54, 1.807) is 0 Å². The third-order valence-corrected chi connectivity index (χ3v) is 4.12. The molecule has 1 saturated heterocycles. The summed E-state index contributed by atoms with van der Waals surface area (Å²) in [5, 5.41) is 3.31. The highest BCUT2D eigenvalue weighted by atomic mass is 16.5. The predicted octanol–water partition coefficient (Wildman–Crippen LogP) is 2.26. The molecule has 2 fully saturated rings. The molecule has 0 radical (unpaired) electrons. The summed E-state index contributed by atoms with van der Waals surface area (Å²) in [5.41, 5.74) is 0.418. The summed E-state index contributed by atoms with van der Waals surface area (Å²) in [5.74, 6) is 0. The van der Waals surface area contributed by atoms with Crippen LogP contribution >= 0.6 is 0 Å². The van der Waals surface area contributed by atoms with Gasteiger partial charge in [-0.15, -0.1) is 0 Å². The second-order valence-electron chi connectivity index (χ2n) is 7.25. The van der Waals surface area contributed by atoms with Crippen molar-refractivity contribution in [2.45, 2.75) is 64.7 Å². The van der Waals surface area contributed by atoms with Crippen LogP contribution in [0, 0.1) is 5.41 Å². The van der Waals surface area contributed by atoms with Gasteiger partial charge >= 0.3 is 0 Å². The smallest absolute Gasteiger partial charge is 0.0608 e. The van der Waals surface area contributed by atoms with Crippen LogP contribution in [0.1, 0.15) is 46.5 Å². The Morgan fingerprint density at radius 3 is 2.22 bits per heavy atom. The van der Waals surface area contributed by atoms with E-state index >= 15 is 0 Å². The molecule has 18 heavy (non-hydrogen) atoms. The Morgan fingerprint density at radius 1 is 1.11 bits per heavy atom. The number of hydrogen-bond acceptors (Lipinski definition) is 3. The van der Waals surface area contributed by atoms with Crippen LogP contribution in [0.15, 0.2) is 0 Å². The molecule has 0 unspecified atom stereocenters. The molecule has 0 atom stereocenters. The van der Waals surface area contributed by atoms with Crippen LogP contribution in [0.5, 0.6) is 0 Å². The minimum Gasteiger partial charge on any atom is -0.375 e. The Labute approximate surface area is 112 Å². The van der Waals surface area contributed by atoms with Crippen LogP contribution in [0.2, 0.25) is 0 Å². The van der Waals surface area contributed by atoms with Crippen molar-refractivity contribution in [1.29, 1.82) is 0 Å². The SMILES string of the molecule is CNC1CC(OC2CCN(CC(C)(C)C)CC2)C1. The number of piperidine rings is 1. The van der Waals surface area contributed by atoms with Gasteiger partial charge in [-0.05, 0) is 38.1 Å². The largest absolute Gasteiger partial charge is 0.375 e. The zero-order valence-corrected chi connectivity index (χ0v) is 12.5. The van der Waals surface area contributed by atoms with Crippen molar-refractivity contribution in [3.8, 4) is 0 Å². The molecular formula is C15H30N2O. The molecule has 1 saturated carbocycles. The Hall–Kier alpha value is -0.120. The van der Waals surface area contributed by atoms with Gasteiger partial charge in [0.05, 0.1) is 12.2 Å². The summed E-state index contributed by atoms with van der Waals surface area (Å²) in [6.45, 7) is 10.6. The number of hydrogen-bond donors (Lipinski definition) is 1. The molecule has 1 heterocycles. The maximum absolute atomic E-state index is 6.17. The topological polar surface area (TPSA) is 24.5 Å². The van der Waals surface area contributed by atoms with Crippen molar-refractivity contribution in [2.24, 2.45) is 5.41 Å². The second-order valence-corrected chi connectivity index (χ2v) is 7.25. The van der Waals surface area contributed by atoms with Gasteiger partial charge in [0.1, 0.15) is 0 Å². The minimum absolute atomic E-state index is 0.418. The summed E-state index contributed by atoms with van der Waals surface area (Å²) < 4.78 is 6.17. The Balaban J connectivity index is 1.62. The molecule has 3 heteroatoms. The molecule has 1 aliphatic heterocycles. The Kier molecular flexibility index (Phi) is 4.68. The van der Waals surface area contributed by atoms with Crippen LogP contribution < -0.4 is 5.32 Å². The lowest BCUT2D eigenvalue weighted by molar-refractivity contribution is -0.0850. The highest BCUT2D eigenvalue weighted by Gasteiger charge is 2.32. The van der Waals surface area contributed by atoms with Gasteiger partial charge in [0.2, 0.25) is 0 Å². The van der Waals surface area contributed by atoms with E-state index in [0.717, 1.165) is 0 Å². The minimum atomic E-state index is 0.418. The number of nitrogens with zero attached hydrogens (tertiary/aromatic N) is 1. The third-order valence-electron chi connectivity index (χ3n) is 4.12. The Morgan fingerprint density at radius 2 is 1.72 bits per heavy atom. The lowest BCUT2D eigenvalue weighted by Crippen LogP contribution is -2.47. The van der Waals surface area contributed by atoms with Gasteiger partial charge in [0.15, 0.2) is 0 Å². The number of rotatable bonds is 4. The monoisotopic (exact) mass is 254 g/mol. The Bertz CT molecular complexity index is 248. The fourth-order valence-electron chi connectivity index (χ4n) is 3.06. The van der Waals surface area contributed by atoms with Gasteiger partial charge in [-0.2, -0.15) is 0 Å². The molecule has 0 amide bonds. The molecule has 0 spiro atoms. The van der Waals surface area contributed by atoms with Crippen molar-refractivity contribution in [3.63, 3.8) is 0 Å². The van der Waals surface area contributed by atoms with Crippen molar-refractivity contribution >= 4 is 0 Å². The van der Waals surface area contributed by atoms with Crippen molar-refractivity contribution in [1.82, 2.24) is 10.2 Å². The summed E-state index contributed by atoms with van der Waals surface area (Å²) in [7, 11) is 2.05. The first-order valence-electron chi connectivity index (χ1n) is 7.51. The lowest BCUT2D eigenvalue weighted by Gasteiger charge is -2.41. The molecule has 0 aromatic carbocycles. The van der Waals surface area contributed by atoms with E-state index in [1.165, 1.54) is 45.3 Å². The molecule has 2 rings (SSSR count). The molecule has 0 aromatic heterocycles. The van der Waals surface area contributed by atoms with E-state index in [9.17, 15) is 0 Å². The van der Waals surface area contributed by atoms with Crippen molar-refractivity contribution in [3.05, 3.63) is 0 Å². The standard InChI is InChI=1S/C15H30N2O/c1-15(2,3)11-17-7-5-13(6-8-17)18-14-9-12(10-14)16-4/h12-14,16H,5-11H2,1-4H3. The lowest BCUT2D eigenvalue weighted by atomic mass is 9.89. The van der Waals surface area contributed by atoms with E-state index in [1.807, 2.05) is 7.05 Å². The fraction of sp³-hybridized carbons (Fsp3) is 1.00. The van der Waals surface area contributed by atoms with Gasteiger partial charge < -0.3 is 15.0 Å². The van der Waals surface area contributed by atoms with E-state index in [4.69, 9.17) is 4.74 Å². The molecule has 1 N–H and O–H groups in total. The van der Waals surface area contributed by atoms with Gasteiger partial charge in [-0.1, -0.05) is 20.8 Å². The van der Waals surface area contributed by atoms with Crippen LogP contribution in [0.4, 0.5) is 0 Å². The maximum atomic E-state index is 6.17. The van der Waals surface area contributed by atoms with Gasteiger partial charge in [-0.3, -0.25) is 0 Å². The summed E-state index contributed by atoms with van der Waals surface area (Å²) in [6, 6.07) is 0.705. The van der Waals surface area contributed by atoms with Crippen LogP contribution in [-0.2, 0) is 4.74 Å². The zero-order valence-electron chi connectivity index (χ0n) is 12.5. The van der Waals surface area contributed by atoms with E-state index in [2.05, 4.69) is 31.0 Å². The number of nitrogens with one attached hydrogen (secondary N) is 1. The summed E-state index contributed by atoms with van der Waals surface area (Å²) in [6.07, 6.45) is 5.90. The predicted molar refractivity (Wildman–Crippen MR) is 75.9 cm³/mol. The van der Waals surface area contributed by atoms with Crippen LogP contribution in [0.25, 0.3) is 0 Å². The molecule has 0 aromatic rings. The molecule has 3 nitrogen and oxygen atoms in total. The van der Waals surface area contributed by atoms with Crippen molar-refractivity contribution < 1.29 is 4.74 Å².